The molecule has 3 atom stereocenters. The van der Waals surface area contributed by atoms with Gasteiger partial charge in [0.05, 0.1) is 6.61 Å². The Bertz CT molecular complexity index is 840. The summed E-state index contributed by atoms with van der Waals surface area (Å²) in [6, 6.07) is 4.47. The third-order valence-corrected chi connectivity index (χ3v) is 6.74. The van der Waals surface area contributed by atoms with Crippen LogP contribution in [-0.4, -0.2) is 68.7 Å². The molecular formula is C21H32N2O4S. The van der Waals surface area contributed by atoms with Gasteiger partial charge in [0.1, 0.15) is 16.7 Å². The largest absolute Gasteiger partial charge is 0.487 e. The molecule has 0 spiro atoms. The summed E-state index contributed by atoms with van der Waals surface area (Å²) in [6.45, 7) is 8.42. The van der Waals surface area contributed by atoms with Gasteiger partial charge in [-0.15, -0.1) is 0 Å². The fourth-order valence-electron chi connectivity index (χ4n) is 3.11. The van der Waals surface area contributed by atoms with E-state index in [1.54, 1.807) is 25.1 Å². The number of hydrogen-bond acceptors (Lipinski definition) is 5. The first-order valence-electron chi connectivity index (χ1n) is 9.66. The van der Waals surface area contributed by atoms with Crippen LogP contribution < -0.4 is 4.74 Å². The van der Waals surface area contributed by atoms with Gasteiger partial charge in [-0.3, -0.25) is 0 Å². The molecule has 0 unspecified atom stereocenters. The highest BCUT2D eigenvalue weighted by Gasteiger charge is 2.37. The van der Waals surface area contributed by atoms with Crippen LogP contribution in [0.3, 0.4) is 0 Å². The van der Waals surface area contributed by atoms with E-state index in [4.69, 9.17) is 4.74 Å². The molecule has 7 heteroatoms. The van der Waals surface area contributed by atoms with E-state index in [9.17, 15) is 13.5 Å². The lowest BCUT2D eigenvalue weighted by Gasteiger charge is -2.37. The molecule has 1 aliphatic rings. The van der Waals surface area contributed by atoms with Crippen LogP contribution in [0.25, 0.3) is 0 Å². The lowest BCUT2D eigenvalue weighted by molar-refractivity contribution is 0.0812. The summed E-state index contributed by atoms with van der Waals surface area (Å²) >= 11 is 0. The molecule has 0 saturated carbocycles. The zero-order valence-electron chi connectivity index (χ0n) is 17.6. The predicted molar refractivity (Wildman–Crippen MR) is 111 cm³/mol. The molecule has 0 aliphatic carbocycles. The van der Waals surface area contributed by atoms with E-state index < -0.39 is 16.1 Å². The Hall–Kier alpha value is -1.59. The Morgan fingerprint density at radius 2 is 2.00 bits per heavy atom. The highest BCUT2D eigenvalue weighted by molar-refractivity contribution is 7.89. The van der Waals surface area contributed by atoms with Crippen molar-refractivity contribution in [3.8, 4) is 17.6 Å². The molecule has 0 saturated heterocycles. The first-order chi connectivity index (χ1) is 13.1. The molecule has 0 radical (unpaired) electrons. The van der Waals surface area contributed by atoms with Crippen LogP contribution in [0.2, 0.25) is 0 Å². The van der Waals surface area contributed by atoms with Gasteiger partial charge in [0.15, 0.2) is 0 Å². The predicted octanol–water partition coefficient (Wildman–Crippen LogP) is 2.02. The normalized spacial score (nSPS) is 23.2. The second-order valence-electron chi connectivity index (χ2n) is 8.09. The summed E-state index contributed by atoms with van der Waals surface area (Å²) in [7, 11) is 0.127. The minimum Gasteiger partial charge on any atom is -0.487 e. The minimum atomic E-state index is -3.80. The number of sulfonamides is 1. The van der Waals surface area contributed by atoms with Gasteiger partial charge in [0.25, 0.3) is 0 Å². The highest BCUT2D eigenvalue weighted by atomic mass is 32.2. The molecule has 1 aromatic rings. The van der Waals surface area contributed by atoms with Gasteiger partial charge in [-0.1, -0.05) is 32.6 Å². The fourth-order valence-corrected chi connectivity index (χ4v) is 4.93. The van der Waals surface area contributed by atoms with Crippen molar-refractivity contribution in [3.05, 3.63) is 23.8 Å². The highest BCUT2D eigenvalue weighted by Crippen LogP contribution is 2.34. The van der Waals surface area contributed by atoms with E-state index in [-0.39, 0.29) is 36.0 Å². The van der Waals surface area contributed by atoms with Gasteiger partial charge in [-0.2, -0.15) is 4.31 Å². The number of hydrogen-bond donors (Lipinski definition) is 1. The summed E-state index contributed by atoms with van der Waals surface area (Å²) in [6.07, 6.45) is -0.189. The summed E-state index contributed by atoms with van der Waals surface area (Å²) in [5.74, 6) is 6.67. The van der Waals surface area contributed by atoms with E-state index in [1.165, 1.54) is 4.31 Å². The van der Waals surface area contributed by atoms with E-state index in [0.29, 0.717) is 12.3 Å². The Balaban J connectivity index is 2.61. The van der Waals surface area contributed by atoms with E-state index in [1.807, 2.05) is 39.8 Å². The average Bonchev–Trinajstić information content (AvgIpc) is 2.61. The molecule has 156 valence electrons. The molecule has 28 heavy (non-hydrogen) atoms. The number of rotatable bonds is 4. The number of ether oxygens (including phenoxy) is 1. The maximum atomic E-state index is 13.3. The first-order valence-corrected chi connectivity index (χ1v) is 11.1. The molecule has 0 fully saturated rings. The monoisotopic (exact) mass is 408 g/mol. The summed E-state index contributed by atoms with van der Waals surface area (Å²) in [5.41, 5.74) is 0.723. The molecule has 0 amide bonds. The average molecular weight is 409 g/mol. The van der Waals surface area contributed by atoms with Crippen molar-refractivity contribution < 1.29 is 18.3 Å². The third kappa shape index (κ3) is 5.26. The van der Waals surface area contributed by atoms with Gasteiger partial charge in [0.2, 0.25) is 10.0 Å². The lowest BCUT2D eigenvalue weighted by atomic mass is 10.0. The SMILES string of the molecule is CC(C)C#Cc1ccc2c(c1)O[C@H](CN(C)C)[C@@H](C)CN([C@H](C)CO)S2(=O)=O. The molecule has 1 aromatic carbocycles. The molecule has 1 N–H and O–H groups in total. The van der Waals surface area contributed by atoms with Crippen LogP contribution >= 0.6 is 0 Å². The molecule has 0 aromatic heterocycles. The molecule has 0 bridgehead atoms. The van der Waals surface area contributed by atoms with Crippen molar-refractivity contribution >= 4 is 10.0 Å². The topological polar surface area (TPSA) is 70.1 Å². The number of likely N-dealkylation sites (N-methyl/N-ethyl adjacent to an activating group) is 1. The Labute approximate surface area is 169 Å². The number of fused-ring (bicyclic) bond motifs is 1. The number of nitrogens with zero attached hydrogens (tertiary/aromatic N) is 2. The maximum Gasteiger partial charge on any atom is 0.247 e. The zero-order valence-corrected chi connectivity index (χ0v) is 18.5. The van der Waals surface area contributed by atoms with E-state index in [2.05, 4.69) is 11.8 Å². The number of aliphatic hydroxyl groups is 1. The molecule has 1 heterocycles. The van der Waals surface area contributed by atoms with E-state index >= 15 is 0 Å². The molecule has 6 nitrogen and oxygen atoms in total. The van der Waals surface area contributed by atoms with Crippen LogP contribution in [0.15, 0.2) is 23.1 Å². The fraction of sp³-hybridized carbons (Fsp3) is 0.619. The van der Waals surface area contributed by atoms with Gasteiger partial charge >= 0.3 is 0 Å². The Kier molecular flexibility index (Phi) is 7.52. The maximum absolute atomic E-state index is 13.3. The lowest BCUT2D eigenvalue weighted by Crippen LogP contribution is -2.49. The number of aliphatic hydroxyl groups excluding tert-OH is 1. The second kappa shape index (κ2) is 9.27. The van der Waals surface area contributed by atoms with Crippen LogP contribution in [0.1, 0.15) is 33.3 Å². The van der Waals surface area contributed by atoms with Crippen molar-refractivity contribution in [1.29, 1.82) is 0 Å². The van der Waals surface area contributed by atoms with Crippen LogP contribution in [0.4, 0.5) is 0 Å². The first kappa shape index (κ1) is 22.7. The van der Waals surface area contributed by atoms with Crippen LogP contribution in [0, 0.1) is 23.7 Å². The van der Waals surface area contributed by atoms with Gasteiger partial charge in [-0.05, 0) is 39.2 Å². The van der Waals surface area contributed by atoms with Crippen molar-refractivity contribution in [2.45, 2.75) is 44.7 Å². The molecular weight excluding hydrogens is 376 g/mol. The summed E-state index contributed by atoms with van der Waals surface area (Å²) in [5, 5.41) is 9.63. The summed E-state index contributed by atoms with van der Waals surface area (Å²) < 4.78 is 34.3. The van der Waals surface area contributed by atoms with Crippen molar-refractivity contribution in [2.24, 2.45) is 11.8 Å². The van der Waals surface area contributed by atoms with Gasteiger partial charge in [0, 0.05) is 36.5 Å². The van der Waals surface area contributed by atoms with Gasteiger partial charge < -0.3 is 14.7 Å². The molecule has 2 rings (SSSR count). The van der Waals surface area contributed by atoms with Crippen LogP contribution in [-0.2, 0) is 10.0 Å². The zero-order chi connectivity index (χ0) is 21.1. The Morgan fingerprint density at radius 1 is 1.32 bits per heavy atom. The standard InChI is InChI=1S/C21H32N2O4S/c1-15(2)7-8-18-9-10-21-19(11-18)27-20(13-22(5)6)16(3)12-23(17(4)14-24)28(21,25)26/h9-11,15-17,20,24H,12-14H2,1-6H3/t16-,17+,20+/m0/s1. The smallest absolute Gasteiger partial charge is 0.247 e. The third-order valence-electron chi connectivity index (χ3n) is 4.72. The van der Waals surface area contributed by atoms with Crippen molar-refractivity contribution in [3.63, 3.8) is 0 Å². The van der Waals surface area contributed by atoms with Gasteiger partial charge in [-0.25, -0.2) is 8.42 Å². The van der Waals surface area contributed by atoms with Crippen molar-refractivity contribution in [2.75, 3.05) is 33.8 Å². The van der Waals surface area contributed by atoms with Crippen LogP contribution in [0.5, 0.6) is 5.75 Å². The van der Waals surface area contributed by atoms with Crippen molar-refractivity contribution in [1.82, 2.24) is 9.21 Å². The quantitative estimate of drug-likeness (QED) is 0.772. The number of benzene rings is 1. The summed E-state index contributed by atoms with van der Waals surface area (Å²) in [4.78, 5) is 2.15. The minimum absolute atomic E-state index is 0.0512. The molecule has 1 aliphatic heterocycles. The Morgan fingerprint density at radius 3 is 2.57 bits per heavy atom. The van der Waals surface area contributed by atoms with E-state index in [0.717, 1.165) is 5.56 Å². The second-order valence-corrected chi connectivity index (χ2v) is 9.95.